The second kappa shape index (κ2) is 9.37. The summed E-state index contributed by atoms with van der Waals surface area (Å²) in [5, 5.41) is 2.29. The normalized spacial score (nSPS) is 11.9. The molecule has 0 aliphatic rings. The molecule has 1 aromatic heterocycles. The van der Waals surface area contributed by atoms with E-state index >= 15 is 0 Å². The Hall–Kier alpha value is -3.54. The molecule has 34 heavy (non-hydrogen) atoms. The molecule has 0 spiro atoms. The van der Waals surface area contributed by atoms with Gasteiger partial charge in [-0.25, -0.2) is 17.2 Å². The number of methoxy groups -OCH3 is 1. The van der Waals surface area contributed by atoms with Gasteiger partial charge in [0.15, 0.2) is 21.4 Å². The van der Waals surface area contributed by atoms with Gasteiger partial charge in [0, 0.05) is 23.6 Å². The van der Waals surface area contributed by atoms with Crippen LogP contribution in [-0.4, -0.2) is 32.7 Å². The molecule has 1 amide bonds. The molecular formula is C22H17F5N2O4S. The first-order valence-electron chi connectivity index (χ1n) is 9.47. The van der Waals surface area contributed by atoms with Crippen LogP contribution in [0, 0.1) is 11.6 Å². The number of halogens is 5. The van der Waals surface area contributed by atoms with Crippen LogP contribution >= 0.6 is 0 Å². The highest BCUT2D eigenvalue weighted by Crippen LogP contribution is 2.36. The lowest BCUT2D eigenvalue weighted by atomic mass is 10.0. The number of nitrogens with one attached hydrogen (secondary N) is 1. The number of hydrogen-bond donors (Lipinski definition) is 1. The maximum absolute atomic E-state index is 14.8. The minimum Gasteiger partial charge on any atom is -0.494 e. The lowest BCUT2D eigenvalue weighted by molar-refractivity contribution is -0.137. The molecule has 0 aliphatic heterocycles. The molecule has 3 rings (SSSR count). The SMILES string of the molecule is COc1ccc(F)c(-c2ccncc2NC(=O)c2cc(CS(C)(=O)=O)cc(C(F)(F)F)c2)c1F. The molecule has 0 saturated carbocycles. The minimum absolute atomic E-state index is 0.138. The highest BCUT2D eigenvalue weighted by atomic mass is 32.2. The van der Waals surface area contributed by atoms with Gasteiger partial charge in [0.1, 0.15) is 5.82 Å². The average molecular weight is 500 g/mol. The number of aromatic nitrogens is 1. The van der Waals surface area contributed by atoms with Gasteiger partial charge in [-0.05, 0) is 42.0 Å². The molecule has 1 heterocycles. The van der Waals surface area contributed by atoms with Gasteiger partial charge in [0.2, 0.25) is 0 Å². The van der Waals surface area contributed by atoms with Gasteiger partial charge in [-0.2, -0.15) is 13.2 Å². The summed E-state index contributed by atoms with van der Waals surface area (Å²) in [6, 6.07) is 5.40. The largest absolute Gasteiger partial charge is 0.494 e. The molecule has 12 heteroatoms. The number of carbonyl (C=O) groups is 1. The Balaban J connectivity index is 2.07. The molecule has 6 nitrogen and oxygen atoms in total. The molecular weight excluding hydrogens is 483 g/mol. The van der Waals surface area contributed by atoms with Gasteiger partial charge in [-0.1, -0.05) is 0 Å². The van der Waals surface area contributed by atoms with Crippen LogP contribution in [0.25, 0.3) is 11.1 Å². The fourth-order valence-electron chi connectivity index (χ4n) is 3.22. The summed E-state index contributed by atoms with van der Waals surface area (Å²) in [6.07, 6.45) is -1.74. The summed E-state index contributed by atoms with van der Waals surface area (Å²) in [7, 11) is -2.53. The second-order valence-electron chi connectivity index (χ2n) is 7.30. The van der Waals surface area contributed by atoms with E-state index in [1.54, 1.807) is 0 Å². The number of anilines is 1. The van der Waals surface area contributed by atoms with E-state index in [9.17, 15) is 35.2 Å². The predicted octanol–water partition coefficient (Wildman–Crippen LogP) is 4.85. The molecule has 2 aromatic carbocycles. The van der Waals surface area contributed by atoms with Crippen LogP contribution in [0.5, 0.6) is 5.75 Å². The zero-order chi connectivity index (χ0) is 25.3. The fourth-order valence-corrected chi connectivity index (χ4v) is 3.99. The van der Waals surface area contributed by atoms with E-state index in [0.717, 1.165) is 30.7 Å². The number of carbonyl (C=O) groups excluding carboxylic acids is 1. The maximum Gasteiger partial charge on any atom is 0.416 e. The highest BCUT2D eigenvalue weighted by molar-refractivity contribution is 7.89. The van der Waals surface area contributed by atoms with Crippen molar-refractivity contribution in [1.82, 2.24) is 4.98 Å². The number of ether oxygens (including phenoxy) is 1. The number of rotatable bonds is 6. The van der Waals surface area contributed by atoms with Crippen molar-refractivity contribution in [3.05, 3.63) is 77.1 Å². The summed E-state index contributed by atoms with van der Waals surface area (Å²) in [5.74, 6) is -4.10. The molecule has 0 fully saturated rings. The van der Waals surface area contributed by atoms with Crippen LogP contribution in [0.2, 0.25) is 0 Å². The van der Waals surface area contributed by atoms with E-state index < -0.39 is 56.0 Å². The van der Waals surface area contributed by atoms with E-state index in [4.69, 9.17) is 4.74 Å². The van der Waals surface area contributed by atoms with E-state index in [2.05, 4.69) is 10.3 Å². The molecule has 0 unspecified atom stereocenters. The van der Waals surface area contributed by atoms with Gasteiger partial charge in [0.25, 0.3) is 5.91 Å². The number of amides is 1. The molecule has 0 bridgehead atoms. The van der Waals surface area contributed by atoms with Crippen molar-refractivity contribution in [3.63, 3.8) is 0 Å². The Morgan fingerprint density at radius 1 is 1.12 bits per heavy atom. The Morgan fingerprint density at radius 3 is 2.44 bits per heavy atom. The zero-order valence-corrected chi connectivity index (χ0v) is 18.5. The average Bonchev–Trinajstić information content (AvgIpc) is 2.73. The lowest BCUT2D eigenvalue weighted by Crippen LogP contribution is -2.16. The van der Waals surface area contributed by atoms with Crippen LogP contribution in [-0.2, 0) is 21.8 Å². The van der Waals surface area contributed by atoms with Crippen molar-refractivity contribution < 1.29 is 39.9 Å². The monoisotopic (exact) mass is 500 g/mol. The van der Waals surface area contributed by atoms with Crippen LogP contribution in [0.3, 0.4) is 0 Å². The number of alkyl halides is 3. The third kappa shape index (κ3) is 5.68. The van der Waals surface area contributed by atoms with E-state index in [1.807, 2.05) is 0 Å². The van der Waals surface area contributed by atoms with Crippen molar-refractivity contribution in [3.8, 4) is 16.9 Å². The summed E-state index contributed by atoms with van der Waals surface area (Å²) in [5.41, 5.74) is -2.86. The number of hydrogen-bond acceptors (Lipinski definition) is 5. The van der Waals surface area contributed by atoms with Crippen molar-refractivity contribution >= 4 is 21.4 Å². The third-order valence-electron chi connectivity index (χ3n) is 4.63. The number of benzene rings is 2. The van der Waals surface area contributed by atoms with Crippen LogP contribution < -0.4 is 10.1 Å². The van der Waals surface area contributed by atoms with Gasteiger partial charge in [-0.15, -0.1) is 0 Å². The molecule has 0 saturated heterocycles. The van der Waals surface area contributed by atoms with Crippen LogP contribution in [0.15, 0.2) is 48.8 Å². The first-order chi connectivity index (χ1) is 15.8. The van der Waals surface area contributed by atoms with E-state index in [-0.39, 0.29) is 22.6 Å². The lowest BCUT2D eigenvalue weighted by Gasteiger charge is -2.15. The minimum atomic E-state index is -4.85. The standard InChI is InChI=1S/C22H17F5N2O4S/c1-33-18-4-3-16(23)19(20(18)24)15-5-6-28-10-17(15)29-21(30)13-7-12(11-34(2,31)32)8-14(9-13)22(25,26)27/h3-10H,11H2,1-2H3,(H,29,30). The molecule has 180 valence electrons. The highest BCUT2D eigenvalue weighted by Gasteiger charge is 2.32. The van der Waals surface area contributed by atoms with Gasteiger partial charge in [0.05, 0.1) is 35.9 Å². The van der Waals surface area contributed by atoms with Gasteiger partial charge in [-0.3, -0.25) is 9.78 Å². The quantitative estimate of drug-likeness (QED) is 0.489. The molecule has 3 aromatic rings. The third-order valence-corrected chi connectivity index (χ3v) is 5.48. The summed E-state index contributed by atoms with van der Waals surface area (Å²) < 4.78 is 97.3. The van der Waals surface area contributed by atoms with Gasteiger partial charge < -0.3 is 10.1 Å². The van der Waals surface area contributed by atoms with E-state index in [0.29, 0.717) is 12.1 Å². The smallest absolute Gasteiger partial charge is 0.416 e. The number of sulfone groups is 1. The Bertz CT molecular complexity index is 1360. The molecule has 0 aliphatic carbocycles. The van der Waals surface area contributed by atoms with Gasteiger partial charge >= 0.3 is 6.18 Å². The van der Waals surface area contributed by atoms with Crippen molar-refractivity contribution in [1.29, 1.82) is 0 Å². The van der Waals surface area contributed by atoms with Crippen molar-refractivity contribution in [2.75, 3.05) is 18.7 Å². The number of pyridine rings is 1. The van der Waals surface area contributed by atoms with Crippen molar-refractivity contribution in [2.45, 2.75) is 11.9 Å². The second-order valence-corrected chi connectivity index (χ2v) is 9.44. The van der Waals surface area contributed by atoms with Crippen molar-refractivity contribution in [2.24, 2.45) is 0 Å². The summed E-state index contributed by atoms with van der Waals surface area (Å²) in [6.45, 7) is 0. The van der Waals surface area contributed by atoms with Crippen LogP contribution in [0.1, 0.15) is 21.5 Å². The maximum atomic E-state index is 14.8. The topological polar surface area (TPSA) is 85.4 Å². The number of nitrogens with zero attached hydrogens (tertiary/aromatic N) is 1. The Morgan fingerprint density at radius 2 is 1.82 bits per heavy atom. The van der Waals surface area contributed by atoms with Crippen LogP contribution in [0.4, 0.5) is 27.6 Å². The summed E-state index contributed by atoms with van der Waals surface area (Å²) >= 11 is 0. The molecule has 0 atom stereocenters. The molecule has 1 N–H and O–H groups in total. The van der Waals surface area contributed by atoms with E-state index in [1.165, 1.54) is 19.4 Å². The first-order valence-corrected chi connectivity index (χ1v) is 11.5. The Labute approximate surface area is 191 Å². The summed E-state index contributed by atoms with van der Waals surface area (Å²) in [4.78, 5) is 16.6. The zero-order valence-electron chi connectivity index (χ0n) is 17.7. The predicted molar refractivity (Wildman–Crippen MR) is 114 cm³/mol. The molecule has 0 radical (unpaired) electrons. The fraction of sp³-hybridized carbons (Fsp3) is 0.182. The Kier molecular flexibility index (Phi) is 6.92. The first kappa shape index (κ1) is 25.1.